The number of carbonyl (C=O) groups excluding carboxylic acids is 2. The molecule has 2 aromatic heterocycles. The quantitative estimate of drug-likeness (QED) is 0.857. The Morgan fingerprint density at radius 3 is 2.92 bits per heavy atom. The highest BCUT2D eigenvalue weighted by molar-refractivity contribution is 5.93. The van der Waals surface area contributed by atoms with Crippen LogP contribution < -0.4 is 0 Å². The molecule has 1 aliphatic rings. The molecule has 0 bridgehead atoms. The number of hydrogen-bond donors (Lipinski definition) is 1. The molecule has 140 valence electrons. The standard InChI is InChI=1S/C19H26N4O3/c1-4-15-10-20-21-18(15)19(25)23-8-7-14(12-23)11-22(3)17(24)9-16-6-5-13(2)26-16/h5-6,10,14H,4,7-9,11-12H2,1-3H3,(H,20,21). The van der Waals surface area contributed by atoms with E-state index in [0.29, 0.717) is 37.0 Å². The van der Waals surface area contributed by atoms with Gasteiger partial charge in [-0.05, 0) is 37.8 Å². The van der Waals surface area contributed by atoms with Crippen molar-refractivity contribution in [2.45, 2.75) is 33.1 Å². The lowest BCUT2D eigenvalue weighted by atomic mass is 10.1. The predicted octanol–water partition coefficient (Wildman–Crippen LogP) is 2.04. The van der Waals surface area contributed by atoms with Crippen molar-refractivity contribution in [1.82, 2.24) is 20.0 Å². The second kappa shape index (κ2) is 7.76. The van der Waals surface area contributed by atoms with E-state index in [2.05, 4.69) is 10.2 Å². The van der Waals surface area contributed by atoms with Crippen LogP contribution in [-0.2, 0) is 17.6 Å². The van der Waals surface area contributed by atoms with Crippen LogP contribution in [0.3, 0.4) is 0 Å². The summed E-state index contributed by atoms with van der Waals surface area (Å²) in [5.41, 5.74) is 1.53. The van der Waals surface area contributed by atoms with Gasteiger partial charge in [0.1, 0.15) is 17.2 Å². The molecule has 1 atom stereocenters. The number of furan rings is 1. The number of H-pyrrole nitrogens is 1. The van der Waals surface area contributed by atoms with E-state index in [-0.39, 0.29) is 18.2 Å². The average molecular weight is 358 g/mol. The molecule has 1 aliphatic heterocycles. The number of nitrogens with one attached hydrogen (secondary N) is 1. The molecule has 1 N–H and O–H groups in total. The molecule has 3 rings (SSSR count). The predicted molar refractivity (Wildman–Crippen MR) is 96.8 cm³/mol. The Labute approximate surface area is 153 Å². The van der Waals surface area contributed by atoms with Crippen molar-refractivity contribution in [3.8, 4) is 0 Å². The summed E-state index contributed by atoms with van der Waals surface area (Å²) in [6, 6.07) is 3.70. The van der Waals surface area contributed by atoms with Gasteiger partial charge in [-0.1, -0.05) is 6.92 Å². The van der Waals surface area contributed by atoms with Gasteiger partial charge in [-0.25, -0.2) is 0 Å². The first-order chi connectivity index (χ1) is 12.5. The molecule has 7 nitrogen and oxygen atoms in total. The molecule has 0 radical (unpaired) electrons. The highest BCUT2D eigenvalue weighted by atomic mass is 16.3. The molecule has 0 aromatic carbocycles. The number of carbonyl (C=O) groups is 2. The lowest BCUT2D eigenvalue weighted by Gasteiger charge is -2.21. The largest absolute Gasteiger partial charge is 0.466 e. The molecule has 0 saturated carbocycles. The van der Waals surface area contributed by atoms with Crippen LogP contribution in [0.2, 0.25) is 0 Å². The monoisotopic (exact) mass is 358 g/mol. The van der Waals surface area contributed by atoms with Gasteiger partial charge in [-0.2, -0.15) is 5.10 Å². The van der Waals surface area contributed by atoms with Crippen LogP contribution in [0.4, 0.5) is 0 Å². The molecular weight excluding hydrogens is 332 g/mol. The van der Waals surface area contributed by atoms with Gasteiger partial charge in [-0.3, -0.25) is 14.7 Å². The van der Waals surface area contributed by atoms with Gasteiger partial charge in [0, 0.05) is 32.2 Å². The van der Waals surface area contributed by atoms with Gasteiger partial charge >= 0.3 is 0 Å². The van der Waals surface area contributed by atoms with Crippen LogP contribution in [-0.4, -0.2) is 58.5 Å². The van der Waals surface area contributed by atoms with Crippen LogP contribution in [0.25, 0.3) is 0 Å². The molecule has 2 aromatic rings. The molecule has 0 aliphatic carbocycles. The average Bonchev–Trinajstić information content (AvgIpc) is 3.35. The number of aryl methyl sites for hydroxylation is 2. The van der Waals surface area contributed by atoms with Crippen LogP contribution in [0, 0.1) is 12.8 Å². The fourth-order valence-electron chi connectivity index (χ4n) is 3.44. The smallest absolute Gasteiger partial charge is 0.272 e. The molecule has 7 heteroatoms. The molecule has 1 saturated heterocycles. The first-order valence-corrected chi connectivity index (χ1v) is 9.08. The Morgan fingerprint density at radius 2 is 2.23 bits per heavy atom. The second-order valence-corrected chi connectivity index (χ2v) is 6.99. The van der Waals surface area contributed by atoms with E-state index >= 15 is 0 Å². The Kier molecular flexibility index (Phi) is 5.44. The normalized spacial score (nSPS) is 16.9. The van der Waals surface area contributed by atoms with Crippen molar-refractivity contribution >= 4 is 11.8 Å². The maximum absolute atomic E-state index is 12.7. The van der Waals surface area contributed by atoms with Gasteiger partial charge in [0.15, 0.2) is 0 Å². The van der Waals surface area contributed by atoms with E-state index in [4.69, 9.17) is 4.42 Å². The Hall–Kier alpha value is -2.57. The summed E-state index contributed by atoms with van der Waals surface area (Å²) in [4.78, 5) is 28.6. The Bertz CT molecular complexity index is 779. The molecule has 0 spiro atoms. The third kappa shape index (κ3) is 3.98. The fraction of sp³-hybridized carbons (Fsp3) is 0.526. The molecule has 1 unspecified atom stereocenters. The maximum Gasteiger partial charge on any atom is 0.272 e. The number of likely N-dealkylation sites (N-methyl/N-ethyl adjacent to an activating group) is 1. The minimum Gasteiger partial charge on any atom is -0.466 e. The third-order valence-electron chi connectivity index (χ3n) is 4.96. The van der Waals surface area contributed by atoms with E-state index in [9.17, 15) is 9.59 Å². The molecule has 1 fully saturated rings. The zero-order valence-corrected chi connectivity index (χ0v) is 15.6. The number of likely N-dealkylation sites (tertiary alicyclic amines) is 1. The fourth-order valence-corrected chi connectivity index (χ4v) is 3.44. The van der Waals surface area contributed by atoms with Crippen LogP contribution in [0.1, 0.15) is 40.9 Å². The van der Waals surface area contributed by atoms with Crippen molar-refractivity contribution in [2.24, 2.45) is 5.92 Å². The van der Waals surface area contributed by atoms with Crippen LogP contribution >= 0.6 is 0 Å². The highest BCUT2D eigenvalue weighted by Crippen LogP contribution is 2.20. The first-order valence-electron chi connectivity index (χ1n) is 9.08. The third-order valence-corrected chi connectivity index (χ3v) is 4.96. The maximum atomic E-state index is 12.7. The van der Waals surface area contributed by atoms with E-state index in [1.54, 1.807) is 11.1 Å². The minimum absolute atomic E-state index is 0.00175. The van der Waals surface area contributed by atoms with Crippen molar-refractivity contribution in [2.75, 3.05) is 26.7 Å². The zero-order chi connectivity index (χ0) is 18.7. The van der Waals surface area contributed by atoms with Crippen molar-refractivity contribution in [1.29, 1.82) is 0 Å². The summed E-state index contributed by atoms with van der Waals surface area (Å²) in [6.45, 7) is 5.90. The van der Waals surface area contributed by atoms with Crippen LogP contribution in [0.15, 0.2) is 22.7 Å². The van der Waals surface area contributed by atoms with E-state index in [1.165, 1.54) is 0 Å². The van der Waals surface area contributed by atoms with E-state index in [1.807, 2.05) is 37.9 Å². The first kappa shape index (κ1) is 18.2. The van der Waals surface area contributed by atoms with Crippen molar-refractivity contribution in [3.05, 3.63) is 41.1 Å². The lowest BCUT2D eigenvalue weighted by Crippen LogP contribution is -2.35. The van der Waals surface area contributed by atoms with Gasteiger partial charge in [0.25, 0.3) is 5.91 Å². The summed E-state index contributed by atoms with van der Waals surface area (Å²) in [5.74, 6) is 1.83. The molecule has 2 amide bonds. The van der Waals surface area contributed by atoms with E-state index < -0.39 is 0 Å². The summed E-state index contributed by atoms with van der Waals surface area (Å²) in [7, 11) is 1.81. The second-order valence-electron chi connectivity index (χ2n) is 6.99. The Morgan fingerprint density at radius 1 is 1.42 bits per heavy atom. The van der Waals surface area contributed by atoms with Gasteiger partial charge in [0.05, 0.1) is 12.6 Å². The zero-order valence-electron chi connectivity index (χ0n) is 15.6. The summed E-state index contributed by atoms with van der Waals surface area (Å²) < 4.78 is 5.48. The summed E-state index contributed by atoms with van der Waals surface area (Å²) in [6.07, 6.45) is 3.66. The number of aromatic amines is 1. The van der Waals surface area contributed by atoms with Crippen LogP contribution in [0.5, 0.6) is 0 Å². The molecule has 3 heterocycles. The number of nitrogens with zero attached hydrogens (tertiary/aromatic N) is 3. The van der Waals surface area contributed by atoms with Gasteiger partial charge < -0.3 is 14.2 Å². The van der Waals surface area contributed by atoms with Crippen molar-refractivity contribution < 1.29 is 14.0 Å². The highest BCUT2D eigenvalue weighted by Gasteiger charge is 2.30. The number of aromatic nitrogens is 2. The van der Waals surface area contributed by atoms with Crippen molar-refractivity contribution in [3.63, 3.8) is 0 Å². The number of rotatable bonds is 6. The summed E-state index contributed by atoms with van der Waals surface area (Å²) >= 11 is 0. The molecular formula is C19H26N4O3. The minimum atomic E-state index is 0.00175. The lowest BCUT2D eigenvalue weighted by molar-refractivity contribution is -0.129. The topological polar surface area (TPSA) is 82.4 Å². The number of amides is 2. The van der Waals surface area contributed by atoms with Gasteiger partial charge in [0.2, 0.25) is 5.91 Å². The van der Waals surface area contributed by atoms with E-state index in [0.717, 1.165) is 24.2 Å². The number of hydrogen-bond acceptors (Lipinski definition) is 4. The SMILES string of the molecule is CCc1cn[nH]c1C(=O)N1CCC(CN(C)C(=O)Cc2ccc(C)o2)C1. The van der Waals surface area contributed by atoms with Gasteiger partial charge in [-0.15, -0.1) is 0 Å². The molecule has 26 heavy (non-hydrogen) atoms. The Balaban J connectivity index is 1.52. The summed E-state index contributed by atoms with van der Waals surface area (Å²) in [5, 5.41) is 6.80.